The largest absolute Gasteiger partial charge is 0.573 e. The van der Waals surface area contributed by atoms with E-state index in [1.165, 1.54) is 12.1 Å². The number of halogens is 3. The van der Waals surface area contributed by atoms with E-state index in [9.17, 15) is 18.3 Å². The molecule has 1 saturated carbocycles. The molecule has 5 nitrogen and oxygen atoms in total. The quantitative estimate of drug-likeness (QED) is 0.866. The fourth-order valence-electron chi connectivity index (χ4n) is 4.84. The number of ether oxygens (including phenoxy) is 1. The SMILES string of the molecule is CC(C)C1N(C)CC12C[C@@H](O)[C@H](Nc1ccc(OC(F)(F)F)cn1)C2. The third-order valence-electron chi connectivity index (χ3n) is 5.31. The number of hydrogen-bond donors (Lipinski definition) is 2. The highest BCUT2D eigenvalue weighted by atomic mass is 19.4. The van der Waals surface area contributed by atoms with Crippen molar-refractivity contribution < 1.29 is 23.0 Å². The van der Waals surface area contributed by atoms with Crippen LogP contribution < -0.4 is 10.1 Å². The highest BCUT2D eigenvalue weighted by Gasteiger charge is 2.58. The number of pyridine rings is 1. The van der Waals surface area contributed by atoms with Crippen LogP contribution in [-0.2, 0) is 0 Å². The van der Waals surface area contributed by atoms with Gasteiger partial charge in [0.15, 0.2) is 0 Å². The summed E-state index contributed by atoms with van der Waals surface area (Å²) in [5, 5.41) is 13.6. The molecule has 1 aliphatic carbocycles. The van der Waals surface area contributed by atoms with Gasteiger partial charge in [-0.15, -0.1) is 13.2 Å². The Labute approximate surface area is 145 Å². The summed E-state index contributed by atoms with van der Waals surface area (Å²) >= 11 is 0. The van der Waals surface area contributed by atoms with Gasteiger partial charge in [-0.05, 0) is 37.9 Å². The van der Waals surface area contributed by atoms with Crippen molar-refractivity contribution in [1.29, 1.82) is 0 Å². The molecule has 1 aliphatic heterocycles. The fourth-order valence-corrected chi connectivity index (χ4v) is 4.84. The van der Waals surface area contributed by atoms with Crippen molar-refractivity contribution in [2.45, 2.75) is 51.2 Å². The van der Waals surface area contributed by atoms with E-state index < -0.39 is 12.5 Å². The zero-order chi connectivity index (χ0) is 18.4. The molecule has 0 radical (unpaired) electrons. The van der Waals surface area contributed by atoms with Crippen molar-refractivity contribution in [3.05, 3.63) is 18.3 Å². The summed E-state index contributed by atoms with van der Waals surface area (Å²) in [7, 11) is 2.10. The third-order valence-corrected chi connectivity index (χ3v) is 5.31. The minimum atomic E-state index is -4.73. The molecular weight excluding hydrogens is 335 g/mol. The molecule has 140 valence electrons. The third kappa shape index (κ3) is 3.69. The molecule has 1 aromatic rings. The standard InChI is InChI=1S/C17H24F3N3O2/c1-10(2)15-16(9-23(15)3)6-12(13(24)7-16)22-14-5-4-11(8-21-14)25-17(18,19)20/h4-5,8,10,12-13,15,24H,6-7,9H2,1-3H3,(H,21,22)/t12-,13-,15?,16?/m1/s1. The summed E-state index contributed by atoms with van der Waals surface area (Å²) in [5.74, 6) is 0.577. The minimum Gasteiger partial charge on any atom is -0.404 e. The summed E-state index contributed by atoms with van der Waals surface area (Å²) < 4.78 is 40.4. The molecule has 1 saturated heterocycles. The van der Waals surface area contributed by atoms with Gasteiger partial charge in [0.2, 0.25) is 0 Å². The van der Waals surface area contributed by atoms with Crippen molar-refractivity contribution in [3.63, 3.8) is 0 Å². The first kappa shape index (κ1) is 18.3. The molecule has 0 amide bonds. The molecule has 2 heterocycles. The van der Waals surface area contributed by atoms with E-state index in [1.54, 1.807) is 0 Å². The Bertz CT molecular complexity index is 603. The summed E-state index contributed by atoms with van der Waals surface area (Å²) in [6.45, 7) is 5.34. The second-order valence-electron chi connectivity index (χ2n) is 7.62. The molecule has 2 N–H and O–H groups in total. The molecule has 3 rings (SSSR count). The van der Waals surface area contributed by atoms with Crippen LogP contribution in [0.15, 0.2) is 18.3 Å². The van der Waals surface area contributed by atoms with E-state index in [0.29, 0.717) is 17.8 Å². The first-order chi connectivity index (χ1) is 11.6. The monoisotopic (exact) mass is 359 g/mol. The maximum atomic E-state index is 12.2. The zero-order valence-corrected chi connectivity index (χ0v) is 14.5. The van der Waals surface area contributed by atoms with Gasteiger partial charge in [0.25, 0.3) is 0 Å². The van der Waals surface area contributed by atoms with Gasteiger partial charge in [-0.25, -0.2) is 4.98 Å². The number of alkyl halides is 3. The molecule has 0 aromatic carbocycles. The Hall–Kier alpha value is -1.54. The lowest BCUT2D eigenvalue weighted by Crippen LogP contribution is -2.64. The second kappa shape index (κ2) is 6.32. The molecular formula is C17H24F3N3O2. The van der Waals surface area contributed by atoms with Crippen LogP contribution in [0.25, 0.3) is 0 Å². The van der Waals surface area contributed by atoms with Crippen molar-refractivity contribution >= 4 is 5.82 Å². The average molecular weight is 359 g/mol. The van der Waals surface area contributed by atoms with Crippen molar-refractivity contribution in [2.75, 3.05) is 18.9 Å². The molecule has 4 atom stereocenters. The van der Waals surface area contributed by atoms with Gasteiger partial charge in [-0.1, -0.05) is 13.8 Å². The molecule has 2 fully saturated rings. The number of anilines is 1. The maximum Gasteiger partial charge on any atom is 0.573 e. The predicted octanol–water partition coefficient (Wildman–Crippen LogP) is 2.87. The van der Waals surface area contributed by atoms with Gasteiger partial charge >= 0.3 is 6.36 Å². The van der Waals surface area contributed by atoms with E-state index in [4.69, 9.17) is 0 Å². The van der Waals surface area contributed by atoms with Crippen LogP contribution in [0.3, 0.4) is 0 Å². The van der Waals surface area contributed by atoms with Crippen molar-refractivity contribution in [3.8, 4) is 5.75 Å². The van der Waals surface area contributed by atoms with Gasteiger partial charge in [0.05, 0.1) is 18.3 Å². The van der Waals surface area contributed by atoms with E-state index in [2.05, 4.69) is 40.8 Å². The van der Waals surface area contributed by atoms with E-state index in [1.807, 2.05) is 0 Å². The lowest BCUT2D eigenvalue weighted by Gasteiger charge is -2.57. The molecule has 1 spiro atoms. The molecule has 0 bridgehead atoms. The van der Waals surface area contributed by atoms with E-state index in [-0.39, 0.29) is 17.2 Å². The molecule has 8 heteroatoms. The van der Waals surface area contributed by atoms with Gasteiger partial charge in [0.1, 0.15) is 11.6 Å². The summed E-state index contributed by atoms with van der Waals surface area (Å²) in [5.41, 5.74) is 0.0966. The van der Waals surface area contributed by atoms with E-state index in [0.717, 1.165) is 25.6 Å². The number of nitrogens with one attached hydrogen (secondary N) is 1. The van der Waals surface area contributed by atoms with Gasteiger partial charge in [0, 0.05) is 18.0 Å². The number of likely N-dealkylation sites (tertiary alicyclic amines) is 1. The zero-order valence-electron chi connectivity index (χ0n) is 14.5. The number of nitrogens with zero attached hydrogens (tertiary/aromatic N) is 2. The smallest absolute Gasteiger partial charge is 0.404 e. The highest BCUT2D eigenvalue weighted by molar-refractivity contribution is 5.39. The molecule has 1 aromatic heterocycles. The summed E-state index contributed by atoms with van der Waals surface area (Å²) in [6, 6.07) is 2.93. The first-order valence-electron chi connectivity index (χ1n) is 8.46. The van der Waals surface area contributed by atoms with Crippen LogP contribution >= 0.6 is 0 Å². The van der Waals surface area contributed by atoms with Crippen molar-refractivity contribution in [2.24, 2.45) is 11.3 Å². The predicted molar refractivity (Wildman–Crippen MR) is 87.3 cm³/mol. The van der Waals surface area contributed by atoms with Gasteiger partial charge < -0.3 is 20.1 Å². The van der Waals surface area contributed by atoms with Crippen LogP contribution in [0.5, 0.6) is 5.75 Å². The Morgan fingerprint density at radius 2 is 2.08 bits per heavy atom. The number of aromatic nitrogens is 1. The minimum absolute atomic E-state index is 0.0966. The first-order valence-corrected chi connectivity index (χ1v) is 8.46. The van der Waals surface area contributed by atoms with E-state index >= 15 is 0 Å². The Morgan fingerprint density at radius 1 is 1.36 bits per heavy atom. The van der Waals surface area contributed by atoms with Gasteiger partial charge in [-0.2, -0.15) is 0 Å². The van der Waals surface area contributed by atoms with Crippen LogP contribution in [0.2, 0.25) is 0 Å². The fraction of sp³-hybridized carbons (Fsp3) is 0.706. The molecule has 25 heavy (non-hydrogen) atoms. The molecule has 2 aliphatic rings. The Balaban J connectivity index is 1.64. The second-order valence-corrected chi connectivity index (χ2v) is 7.62. The number of rotatable bonds is 4. The Morgan fingerprint density at radius 3 is 2.60 bits per heavy atom. The number of aliphatic hydroxyl groups is 1. The number of aliphatic hydroxyl groups excluding tert-OH is 1. The van der Waals surface area contributed by atoms with Crippen LogP contribution in [0, 0.1) is 11.3 Å². The van der Waals surface area contributed by atoms with Gasteiger partial charge in [-0.3, -0.25) is 0 Å². The lowest BCUT2D eigenvalue weighted by atomic mass is 9.66. The lowest BCUT2D eigenvalue weighted by molar-refractivity contribution is -0.274. The van der Waals surface area contributed by atoms with Crippen LogP contribution in [0.1, 0.15) is 26.7 Å². The van der Waals surface area contributed by atoms with Crippen LogP contribution in [0.4, 0.5) is 19.0 Å². The van der Waals surface area contributed by atoms with Crippen molar-refractivity contribution in [1.82, 2.24) is 9.88 Å². The molecule has 2 unspecified atom stereocenters. The maximum absolute atomic E-state index is 12.2. The number of hydrogen-bond acceptors (Lipinski definition) is 5. The summed E-state index contributed by atoms with van der Waals surface area (Å²) in [6.07, 6.45) is -2.65. The normalized spacial score (nSPS) is 32.9. The topological polar surface area (TPSA) is 57.6 Å². The average Bonchev–Trinajstić information content (AvgIpc) is 2.76. The van der Waals surface area contributed by atoms with Crippen LogP contribution in [-0.4, -0.2) is 53.1 Å². The Kier molecular flexibility index (Phi) is 4.61. The highest BCUT2D eigenvalue weighted by Crippen LogP contribution is 2.52. The summed E-state index contributed by atoms with van der Waals surface area (Å²) in [4.78, 5) is 6.28.